The fourth-order valence-electron chi connectivity index (χ4n) is 4.00. The van der Waals surface area contributed by atoms with Gasteiger partial charge in [-0.1, -0.05) is 54.6 Å². The molecule has 0 aliphatic heterocycles. The largest absolute Gasteiger partial charge is 0.416 e. The zero-order chi connectivity index (χ0) is 23.4. The van der Waals surface area contributed by atoms with Gasteiger partial charge in [0.25, 0.3) is 0 Å². The van der Waals surface area contributed by atoms with Crippen LogP contribution in [0.4, 0.5) is 13.2 Å². The summed E-state index contributed by atoms with van der Waals surface area (Å²) in [5.41, 5.74) is 3.12. The van der Waals surface area contributed by atoms with Crippen LogP contribution in [0.1, 0.15) is 40.3 Å². The summed E-state index contributed by atoms with van der Waals surface area (Å²) in [4.78, 5) is 17.3. The Morgan fingerprint density at radius 1 is 1.06 bits per heavy atom. The summed E-state index contributed by atoms with van der Waals surface area (Å²) in [6, 6.07) is 18.7. The van der Waals surface area contributed by atoms with Crippen molar-refractivity contribution in [3.05, 3.63) is 107 Å². The number of aromatic nitrogens is 2. The van der Waals surface area contributed by atoms with Crippen LogP contribution < -0.4 is 5.32 Å². The van der Waals surface area contributed by atoms with Crippen LogP contribution in [0.5, 0.6) is 0 Å². The van der Waals surface area contributed by atoms with Crippen molar-refractivity contribution in [3.8, 4) is 0 Å². The van der Waals surface area contributed by atoms with Crippen LogP contribution in [0.25, 0.3) is 5.65 Å². The number of imidazole rings is 1. The number of benzene rings is 2. The van der Waals surface area contributed by atoms with Crippen LogP contribution in [-0.2, 0) is 17.4 Å². The summed E-state index contributed by atoms with van der Waals surface area (Å²) >= 11 is 0. The normalized spacial score (nSPS) is 12.6. The molecule has 4 nitrogen and oxygen atoms in total. The van der Waals surface area contributed by atoms with Gasteiger partial charge in [-0.05, 0) is 42.2 Å². The summed E-state index contributed by atoms with van der Waals surface area (Å²) < 4.78 is 42.0. The molecule has 7 heteroatoms. The lowest BCUT2D eigenvalue weighted by Gasteiger charge is -2.19. The van der Waals surface area contributed by atoms with E-state index in [9.17, 15) is 18.0 Å². The Morgan fingerprint density at radius 3 is 2.61 bits per heavy atom. The number of nitrogens with one attached hydrogen (secondary N) is 1. The number of fused-ring (bicyclic) bond motifs is 1. The van der Waals surface area contributed by atoms with Gasteiger partial charge in [0.15, 0.2) is 0 Å². The number of nitrogens with zero attached hydrogens (tertiary/aromatic N) is 2. The highest BCUT2D eigenvalue weighted by Gasteiger charge is 2.32. The number of aryl methyl sites for hydroxylation is 1. The summed E-state index contributed by atoms with van der Waals surface area (Å²) in [7, 11) is 0. The first-order valence-electron chi connectivity index (χ1n) is 10.7. The van der Waals surface area contributed by atoms with Crippen LogP contribution in [0.15, 0.2) is 79.1 Å². The first kappa shape index (κ1) is 22.6. The van der Waals surface area contributed by atoms with Crippen molar-refractivity contribution in [1.29, 1.82) is 0 Å². The smallest absolute Gasteiger partial charge is 0.356 e. The van der Waals surface area contributed by atoms with E-state index in [1.165, 1.54) is 6.07 Å². The van der Waals surface area contributed by atoms with Crippen LogP contribution >= 0.6 is 0 Å². The van der Waals surface area contributed by atoms with E-state index in [-0.39, 0.29) is 12.3 Å². The van der Waals surface area contributed by atoms with Gasteiger partial charge in [-0.2, -0.15) is 13.2 Å². The van der Waals surface area contributed by atoms with Crippen LogP contribution in [0.3, 0.4) is 0 Å². The molecule has 170 valence electrons. The molecule has 1 amide bonds. The van der Waals surface area contributed by atoms with Crippen LogP contribution in [0.2, 0.25) is 0 Å². The van der Waals surface area contributed by atoms with E-state index in [4.69, 9.17) is 0 Å². The highest BCUT2D eigenvalue weighted by atomic mass is 19.4. The first-order valence-corrected chi connectivity index (χ1v) is 10.7. The Balaban J connectivity index is 1.62. The second kappa shape index (κ2) is 9.48. The highest BCUT2D eigenvalue weighted by molar-refractivity contribution is 5.77. The maximum atomic E-state index is 13.4. The average Bonchev–Trinajstić information content (AvgIpc) is 3.23. The molecular formula is C26H24F3N3O. The lowest BCUT2D eigenvalue weighted by Crippen LogP contribution is -2.27. The maximum Gasteiger partial charge on any atom is 0.416 e. The Hall–Kier alpha value is -3.61. The van der Waals surface area contributed by atoms with Crippen LogP contribution in [-0.4, -0.2) is 21.8 Å². The third-order valence-corrected chi connectivity index (χ3v) is 5.70. The van der Waals surface area contributed by atoms with Gasteiger partial charge < -0.3 is 9.72 Å². The zero-order valence-corrected chi connectivity index (χ0v) is 18.1. The summed E-state index contributed by atoms with van der Waals surface area (Å²) in [6.07, 6.45) is -0.314. The van der Waals surface area contributed by atoms with Gasteiger partial charge in [0.1, 0.15) is 5.65 Å². The number of pyridine rings is 1. The van der Waals surface area contributed by atoms with Gasteiger partial charge in [-0.3, -0.25) is 4.79 Å². The van der Waals surface area contributed by atoms with Crippen molar-refractivity contribution in [1.82, 2.24) is 14.7 Å². The van der Waals surface area contributed by atoms with Crippen LogP contribution in [0, 0.1) is 6.92 Å². The van der Waals surface area contributed by atoms with Gasteiger partial charge in [-0.25, -0.2) is 4.98 Å². The molecule has 0 aliphatic rings. The number of hydrogen-bond acceptors (Lipinski definition) is 2. The van der Waals surface area contributed by atoms with Crippen molar-refractivity contribution in [2.75, 3.05) is 6.54 Å². The Bertz CT molecular complexity index is 1250. The van der Waals surface area contributed by atoms with E-state index >= 15 is 0 Å². The Labute approximate surface area is 190 Å². The predicted molar refractivity (Wildman–Crippen MR) is 121 cm³/mol. The highest BCUT2D eigenvalue weighted by Crippen LogP contribution is 2.34. The molecule has 0 saturated heterocycles. The molecule has 4 aromatic rings. The van der Waals surface area contributed by atoms with E-state index in [2.05, 4.69) is 10.3 Å². The van der Waals surface area contributed by atoms with E-state index in [0.717, 1.165) is 23.3 Å². The second-order valence-corrected chi connectivity index (χ2v) is 8.03. The first-order chi connectivity index (χ1) is 15.8. The van der Waals surface area contributed by atoms with E-state index in [0.29, 0.717) is 29.9 Å². The summed E-state index contributed by atoms with van der Waals surface area (Å²) in [5.74, 6) is -0.809. The SMILES string of the molecule is Cc1cccn2c(C(CC(=O)NCCc3ccccc3)c3cccc(C(F)(F)F)c3)cnc12. The third kappa shape index (κ3) is 5.25. The number of carbonyl (C=O) groups is 1. The van der Waals surface area contributed by atoms with Crippen molar-refractivity contribution in [3.63, 3.8) is 0 Å². The summed E-state index contributed by atoms with van der Waals surface area (Å²) in [6.45, 7) is 2.37. The number of carbonyl (C=O) groups excluding carboxylic acids is 1. The van der Waals surface area contributed by atoms with E-state index < -0.39 is 17.7 Å². The van der Waals surface area contributed by atoms with Gasteiger partial charge in [0, 0.05) is 31.3 Å². The lowest BCUT2D eigenvalue weighted by molar-refractivity contribution is -0.137. The Morgan fingerprint density at radius 2 is 1.85 bits per heavy atom. The molecule has 0 bridgehead atoms. The summed E-state index contributed by atoms with van der Waals surface area (Å²) in [5, 5.41) is 2.91. The fourth-order valence-corrected chi connectivity index (χ4v) is 4.00. The van der Waals surface area contributed by atoms with Crippen molar-refractivity contribution in [2.24, 2.45) is 0 Å². The van der Waals surface area contributed by atoms with Crippen molar-refractivity contribution >= 4 is 11.6 Å². The molecule has 33 heavy (non-hydrogen) atoms. The minimum absolute atomic E-state index is 0.0117. The second-order valence-electron chi connectivity index (χ2n) is 8.03. The molecule has 0 radical (unpaired) electrons. The molecular weight excluding hydrogens is 427 g/mol. The number of amides is 1. The molecule has 1 N–H and O–H groups in total. The van der Waals surface area contributed by atoms with Gasteiger partial charge in [0.2, 0.25) is 5.91 Å². The third-order valence-electron chi connectivity index (χ3n) is 5.70. The van der Waals surface area contributed by atoms with Gasteiger partial charge in [0.05, 0.1) is 11.3 Å². The molecule has 1 unspecified atom stereocenters. The number of halogens is 3. The molecule has 0 spiro atoms. The number of rotatable bonds is 7. The van der Waals surface area contributed by atoms with E-state index in [1.54, 1.807) is 12.3 Å². The Kier molecular flexibility index (Phi) is 6.49. The number of alkyl halides is 3. The average molecular weight is 451 g/mol. The van der Waals surface area contributed by atoms with Gasteiger partial charge in [-0.15, -0.1) is 0 Å². The topological polar surface area (TPSA) is 46.4 Å². The molecule has 1 atom stereocenters. The standard InChI is InChI=1S/C26H24F3N3O/c1-18-7-6-14-32-23(17-31-25(18)32)22(20-10-5-11-21(15-20)26(27,28)29)16-24(33)30-13-12-19-8-3-2-4-9-19/h2-11,14-15,17,22H,12-13,16H2,1H3,(H,30,33). The fraction of sp³-hybridized carbons (Fsp3) is 0.231. The zero-order valence-electron chi connectivity index (χ0n) is 18.1. The molecule has 2 heterocycles. The molecule has 0 saturated carbocycles. The predicted octanol–water partition coefficient (Wildman–Crippen LogP) is 5.54. The van der Waals surface area contributed by atoms with Crippen molar-refractivity contribution < 1.29 is 18.0 Å². The van der Waals surface area contributed by atoms with E-state index in [1.807, 2.05) is 60.0 Å². The van der Waals surface area contributed by atoms with Gasteiger partial charge >= 0.3 is 6.18 Å². The molecule has 4 rings (SSSR count). The minimum Gasteiger partial charge on any atom is -0.356 e. The molecule has 2 aromatic carbocycles. The number of hydrogen-bond donors (Lipinski definition) is 1. The monoisotopic (exact) mass is 451 g/mol. The minimum atomic E-state index is -4.46. The quantitative estimate of drug-likeness (QED) is 0.401. The molecule has 2 aromatic heterocycles. The maximum absolute atomic E-state index is 13.4. The van der Waals surface area contributed by atoms with Crippen molar-refractivity contribution in [2.45, 2.75) is 31.9 Å². The molecule has 0 fully saturated rings. The lowest BCUT2D eigenvalue weighted by atomic mass is 9.91. The molecule has 0 aliphatic carbocycles.